The molecule has 0 bridgehead atoms. The molecule has 0 spiro atoms. The zero-order valence-electron chi connectivity index (χ0n) is 13.3. The van der Waals surface area contributed by atoms with Crippen LogP contribution < -0.4 is 5.73 Å². The van der Waals surface area contributed by atoms with Gasteiger partial charge in [0.1, 0.15) is 0 Å². The molecule has 0 aliphatic rings. The fourth-order valence-corrected chi connectivity index (χ4v) is 4.90. The summed E-state index contributed by atoms with van der Waals surface area (Å²) in [6.45, 7) is 2.42. The highest BCUT2D eigenvalue weighted by atomic mass is 32.2. The topological polar surface area (TPSA) is 89.2 Å². The van der Waals surface area contributed by atoms with E-state index in [1.165, 1.54) is 34.9 Å². The number of carbonyl (C=O) groups is 2. The second-order valence-corrected chi connectivity index (χ2v) is 8.82. The van der Waals surface area contributed by atoms with Crippen molar-refractivity contribution in [2.75, 3.05) is 12.8 Å². The van der Waals surface area contributed by atoms with Crippen LogP contribution in [-0.2, 0) is 16.1 Å². The highest BCUT2D eigenvalue weighted by Crippen LogP contribution is 2.31. The highest BCUT2D eigenvalue weighted by Gasteiger charge is 2.21. The van der Waals surface area contributed by atoms with Crippen molar-refractivity contribution in [3.63, 3.8) is 0 Å². The minimum absolute atomic E-state index is 0.0328. The van der Waals surface area contributed by atoms with Crippen molar-refractivity contribution in [1.29, 1.82) is 0 Å². The third kappa shape index (κ3) is 5.81. The summed E-state index contributed by atoms with van der Waals surface area (Å²) >= 11 is 3.99. The molecule has 0 fully saturated rings. The summed E-state index contributed by atoms with van der Waals surface area (Å²) in [4.78, 5) is 24.9. The number of benzene rings is 1. The molecule has 1 heterocycles. The lowest BCUT2D eigenvalue weighted by Crippen LogP contribution is -2.32. The molecule has 2 N–H and O–H groups in total. The number of hydrogen-bond donors (Lipinski definition) is 1. The van der Waals surface area contributed by atoms with Crippen LogP contribution in [0.2, 0.25) is 0 Å². The van der Waals surface area contributed by atoms with Gasteiger partial charge in [-0.1, -0.05) is 65.2 Å². The van der Waals surface area contributed by atoms with Crippen LogP contribution in [0.4, 0.5) is 0 Å². The van der Waals surface area contributed by atoms with E-state index in [0.717, 1.165) is 5.56 Å². The Labute approximate surface area is 153 Å². The van der Waals surface area contributed by atoms with Gasteiger partial charge in [0.25, 0.3) is 0 Å². The van der Waals surface area contributed by atoms with Crippen molar-refractivity contribution >= 4 is 46.7 Å². The molecule has 2 amide bonds. The van der Waals surface area contributed by atoms with Crippen molar-refractivity contribution in [3.8, 4) is 0 Å². The first-order valence-corrected chi connectivity index (χ1v) is 9.84. The van der Waals surface area contributed by atoms with E-state index in [9.17, 15) is 9.59 Å². The van der Waals surface area contributed by atoms with Crippen LogP contribution in [0.1, 0.15) is 12.5 Å². The number of nitrogens with zero attached hydrogens (tertiary/aromatic N) is 3. The van der Waals surface area contributed by atoms with Gasteiger partial charge in [-0.15, -0.1) is 10.2 Å². The standard InChI is InChI=1S/C15H18N4O2S3/c1-10(13(21)19(2)8-11-6-4-3-5-7-11)23-15-18-17-14(24-15)22-9-12(16)20/h3-7,10H,8-9H2,1-2H3,(H2,16,20). The Hall–Kier alpha value is -1.58. The second-order valence-electron chi connectivity index (χ2n) is 5.03. The lowest BCUT2D eigenvalue weighted by atomic mass is 10.2. The van der Waals surface area contributed by atoms with Crippen molar-refractivity contribution in [1.82, 2.24) is 15.1 Å². The Balaban J connectivity index is 1.87. The summed E-state index contributed by atoms with van der Waals surface area (Å²) < 4.78 is 1.38. The third-order valence-electron chi connectivity index (χ3n) is 2.99. The van der Waals surface area contributed by atoms with Crippen molar-refractivity contribution in [2.24, 2.45) is 5.73 Å². The molecule has 1 unspecified atom stereocenters. The van der Waals surface area contributed by atoms with Crippen molar-refractivity contribution in [2.45, 2.75) is 27.4 Å². The number of aromatic nitrogens is 2. The molecular formula is C15H18N4O2S3. The first-order valence-electron chi connectivity index (χ1n) is 7.16. The molecule has 1 atom stereocenters. The number of carbonyl (C=O) groups excluding carboxylic acids is 2. The molecule has 0 aliphatic carbocycles. The summed E-state index contributed by atoms with van der Waals surface area (Å²) in [6, 6.07) is 9.85. The van der Waals surface area contributed by atoms with Crippen LogP contribution in [0.5, 0.6) is 0 Å². The zero-order valence-corrected chi connectivity index (χ0v) is 15.8. The molecule has 0 saturated heterocycles. The van der Waals surface area contributed by atoms with Gasteiger partial charge in [-0.3, -0.25) is 9.59 Å². The predicted octanol–water partition coefficient (Wildman–Crippen LogP) is 2.25. The average Bonchev–Trinajstić information content (AvgIpc) is 3.00. The van der Waals surface area contributed by atoms with E-state index in [2.05, 4.69) is 10.2 Å². The number of thioether (sulfide) groups is 2. The quantitative estimate of drug-likeness (QED) is 0.705. The minimum Gasteiger partial charge on any atom is -0.369 e. The van der Waals surface area contributed by atoms with E-state index in [-0.39, 0.29) is 16.9 Å². The number of primary amides is 1. The molecular weight excluding hydrogens is 364 g/mol. The first-order chi connectivity index (χ1) is 11.5. The molecule has 2 rings (SSSR count). The van der Waals surface area contributed by atoms with Crippen LogP contribution in [0.15, 0.2) is 39.0 Å². The molecule has 128 valence electrons. The summed E-state index contributed by atoms with van der Waals surface area (Å²) in [7, 11) is 1.79. The Morgan fingerprint density at radius 1 is 1.25 bits per heavy atom. The predicted molar refractivity (Wildman–Crippen MR) is 98.1 cm³/mol. The number of rotatable bonds is 8. The van der Waals surface area contributed by atoms with E-state index in [4.69, 9.17) is 5.73 Å². The summed E-state index contributed by atoms with van der Waals surface area (Å²) in [5.74, 6) is -0.186. The van der Waals surface area contributed by atoms with Crippen molar-refractivity contribution in [3.05, 3.63) is 35.9 Å². The third-order valence-corrected chi connectivity index (χ3v) is 6.24. The largest absolute Gasteiger partial charge is 0.369 e. The van der Waals surface area contributed by atoms with Gasteiger partial charge in [-0.05, 0) is 12.5 Å². The first kappa shape index (κ1) is 18.8. The number of hydrogen-bond acceptors (Lipinski definition) is 7. The molecule has 0 saturated carbocycles. The zero-order chi connectivity index (χ0) is 17.5. The van der Waals surface area contributed by atoms with Gasteiger partial charge >= 0.3 is 0 Å². The van der Waals surface area contributed by atoms with Crippen LogP contribution in [-0.4, -0.2) is 45.0 Å². The molecule has 0 radical (unpaired) electrons. The number of nitrogens with two attached hydrogens (primary N) is 1. The summed E-state index contributed by atoms with van der Waals surface area (Å²) in [5, 5.41) is 7.78. The van der Waals surface area contributed by atoms with Gasteiger partial charge in [0, 0.05) is 13.6 Å². The average molecular weight is 383 g/mol. The molecule has 6 nitrogen and oxygen atoms in total. The van der Waals surface area contributed by atoms with Gasteiger partial charge < -0.3 is 10.6 Å². The molecule has 0 aliphatic heterocycles. The maximum absolute atomic E-state index is 12.5. The summed E-state index contributed by atoms with van der Waals surface area (Å²) in [6.07, 6.45) is 0. The Kier molecular flexibility index (Phi) is 7.07. The maximum atomic E-state index is 12.5. The smallest absolute Gasteiger partial charge is 0.235 e. The van der Waals surface area contributed by atoms with Gasteiger partial charge in [-0.25, -0.2) is 0 Å². The molecule has 2 aromatic rings. The lowest BCUT2D eigenvalue weighted by Gasteiger charge is -2.20. The Bertz CT molecular complexity index is 693. The van der Waals surface area contributed by atoms with Crippen molar-refractivity contribution < 1.29 is 9.59 Å². The molecule has 9 heteroatoms. The van der Waals surface area contributed by atoms with Crippen LogP contribution in [0.3, 0.4) is 0 Å². The molecule has 1 aromatic carbocycles. The van der Waals surface area contributed by atoms with E-state index in [0.29, 0.717) is 15.2 Å². The fraction of sp³-hybridized carbons (Fsp3) is 0.333. The molecule has 1 aromatic heterocycles. The van der Waals surface area contributed by atoms with Crippen LogP contribution >= 0.6 is 34.9 Å². The number of amides is 2. The highest BCUT2D eigenvalue weighted by molar-refractivity contribution is 8.04. The minimum atomic E-state index is -0.393. The van der Waals surface area contributed by atoms with E-state index < -0.39 is 5.91 Å². The van der Waals surface area contributed by atoms with E-state index >= 15 is 0 Å². The normalized spacial score (nSPS) is 11.9. The van der Waals surface area contributed by atoms with Gasteiger partial charge in [0.15, 0.2) is 8.68 Å². The van der Waals surface area contributed by atoms with Crippen LogP contribution in [0, 0.1) is 0 Å². The van der Waals surface area contributed by atoms with E-state index in [1.54, 1.807) is 11.9 Å². The monoisotopic (exact) mass is 382 g/mol. The van der Waals surface area contributed by atoms with Gasteiger partial charge in [0.2, 0.25) is 11.8 Å². The van der Waals surface area contributed by atoms with Gasteiger partial charge in [0.05, 0.1) is 11.0 Å². The summed E-state index contributed by atoms with van der Waals surface area (Å²) in [5.41, 5.74) is 6.19. The lowest BCUT2D eigenvalue weighted by molar-refractivity contribution is -0.129. The fourth-order valence-electron chi connectivity index (χ4n) is 1.88. The maximum Gasteiger partial charge on any atom is 0.235 e. The Morgan fingerprint density at radius 3 is 2.58 bits per heavy atom. The molecule has 24 heavy (non-hydrogen) atoms. The van der Waals surface area contributed by atoms with E-state index in [1.807, 2.05) is 37.3 Å². The Morgan fingerprint density at radius 2 is 1.92 bits per heavy atom. The SMILES string of the molecule is CC(Sc1nnc(SCC(N)=O)s1)C(=O)N(C)Cc1ccccc1. The van der Waals surface area contributed by atoms with Crippen LogP contribution in [0.25, 0.3) is 0 Å². The van der Waals surface area contributed by atoms with Gasteiger partial charge in [-0.2, -0.15) is 0 Å². The second kappa shape index (κ2) is 9.05.